The second-order valence-electron chi connectivity index (χ2n) is 8.65. The van der Waals surface area contributed by atoms with Crippen LogP contribution >= 0.6 is 0 Å². The maximum Gasteiger partial charge on any atom is 0.251 e. The van der Waals surface area contributed by atoms with Crippen molar-refractivity contribution in [1.82, 2.24) is 19.9 Å². The van der Waals surface area contributed by atoms with Crippen LogP contribution in [0.1, 0.15) is 40.9 Å². The molecule has 4 aromatic rings. The predicted molar refractivity (Wildman–Crippen MR) is 134 cm³/mol. The summed E-state index contributed by atoms with van der Waals surface area (Å²) in [5.41, 5.74) is 3.67. The van der Waals surface area contributed by atoms with Gasteiger partial charge in [0.25, 0.3) is 5.91 Å². The molecule has 0 bridgehead atoms. The minimum atomic E-state index is -0.765. The van der Waals surface area contributed by atoms with Crippen LogP contribution in [-0.2, 0) is 16.8 Å². The van der Waals surface area contributed by atoms with Gasteiger partial charge in [-0.15, -0.1) is 0 Å². The average Bonchev–Trinajstić information content (AvgIpc) is 3.34. The highest BCUT2D eigenvalue weighted by molar-refractivity contribution is 5.96. The molecule has 184 valence electrons. The van der Waals surface area contributed by atoms with Gasteiger partial charge in [0.15, 0.2) is 5.65 Å². The van der Waals surface area contributed by atoms with E-state index in [1.807, 2.05) is 38.1 Å². The molecule has 2 aromatic carbocycles. The number of aromatic nitrogens is 3. The van der Waals surface area contributed by atoms with Crippen molar-refractivity contribution in [3.8, 4) is 5.75 Å². The second kappa shape index (κ2) is 9.33. The summed E-state index contributed by atoms with van der Waals surface area (Å²) in [6.07, 6.45) is 5.24. The maximum absolute atomic E-state index is 13.9. The number of anilines is 1. The number of carbonyl (C=O) groups excluding carboxylic acids is 1. The summed E-state index contributed by atoms with van der Waals surface area (Å²) >= 11 is 0. The molecule has 8 nitrogen and oxygen atoms in total. The van der Waals surface area contributed by atoms with E-state index >= 15 is 0 Å². The lowest BCUT2D eigenvalue weighted by Crippen LogP contribution is -2.34. The highest BCUT2D eigenvalue weighted by Gasteiger charge is 2.34. The lowest BCUT2D eigenvalue weighted by molar-refractivity contribution is 0.0951. The van der Waals surface area contributed by atoms with Crippen molar-refractivity contribution in [1.29, 1.82) is 0 Å². The van der Waals surface area contributed by atoms with Crippen LogP contribution in [0.25, 0.3) is 11.4 Å². The number of rotatable bonds is 7. The number of halogens is 1. The Labute approximate surface area is 207 Å². The van der Waals surface area contributed by atoms with E-state index in [0.717, 1.165) is 22.4 Å². The van der Waals surface area contributed by atoms with Crippen molar-refractivity contribution >= 4 is 23.0 Å². The number of hydrogen-bond acceptors (Lipinski definition) is 6. The average molecular weight is 488 g/mol. The van der Waals surface area contributed by atoms with Gasteiger partial charge in [0.1, 0.15) is 23.7 Å². The molecule has 0 aliphatic carbocycles. The molecule has 1 amide bonds. The number of carbonyl (C=O) groups is 1. The molecule has 0 saturated carbocycles. The number of nitrogens with one attached hydrogen (secondary N) is 2. The van der Waals surface area contributed by atoms with Gasteiger partial charge in [-0.1, -0.05) is 0 Å². The van der Waals surface area contributed by atoms with Crippen molar-refractivity contribution in [2.45, 2.75) is 25.9 Å². The van der Waals surface area contributed by atoms with Crippen LogP contribution in [0, 0.1) is 5.82 Å². The molecule has 1 aliphatic heterocycles. The smallest absolute Gasteiger partial charge is 0.251 e. The van der Waals surface area contributed by atoms with E-state index in [2.05, 4.69) is 20.7 Å². The van der Waals surface area contributed by atoms with Crippen LogP contribution in [0.3, 0.4) is 0 Å². The topological polar surface area (TPSA) is 89.8 Å². The first kappa shape index (κ1) is 23.3. The molecule has 1 aliphatic rings. The fourth-order valence-electron chi connectivity index (χ4n) is 4.43. The molecule has 3 heterocycles. The zero-order valence-corrected chi connectivity index (χ0v) is 20.2. The number of fused-ring (bicyclic) bond motifs is 2. The van der Waals surface area contributed by atoms with E-state index in [9.17, 15) is 9.18 Å². The highest BCUT2D eigenvalue weighted by atomic mass is 19.1. The molecule has 2 N–H and O–H groups in total. The quantitative estimate of drug-likeness (QED) is 0.398. The van der Waals surface area contributed by atoms with Gasteiger partial charge in [-0.25, -0.2) is 13.9 Å². The van der Waals surface area contributed by atoms with Crippen molar-refractivity contribution in [2.75, 3.05) is 19.0 Å². The van der Waals surface area contributed by atoms with Crippen LogP contribution < -0.4 is 15.4 Å². The Hall–Kier alpha value is -4.40. The number of nitrogens with zero attached hydrogens (tertiary/aromatic N) is 3. The third-order valence-electron chi connectivity index (χ3n) is 6.18. The number of pyridine rings is 1. The Kier molecular flexibility index (Phi) is 6.05. The second-order valence-corrected chi connectivity index (χ2v) is 8.65. The number of ether oxygens (including phenoxy) is 2. The fourth-order valence-corrected chi connectivity index (χ4v) is 4.43. The molecule has 1 atom stereocenters. The molecular weight excluding hydrogens is 461 g/mol. The van der Waals surface area contributed by atoms with Crippen LogP contribution in [0.4, 0.5) is 10.1 Å². The first-order valence-corrected chi connectivity index (χ1v) is 11.6. The van der Waals surface area contributed by atoms with Gasteiger partial charge in [-0.2, -0.15) is 5.10 Å². The summed E-state index contributed by atoms with van der Waals surface area (Å²) in [7, 11) is 1.51. The zero-order chi connectivity index (χ0) is 25.3. The molecule has 0 radical (unpaired) electrons. The standard InChI is InChI=1S/C27H26FN5O3/c1-4-36-24-14-27(2,21-8-6-19(28)13-23(21)35-3)32-22-12-18(5-7-20(22)24)26(34)29-15-17-9-10-33-25(11-17)30-16-31-33/h5-14,16,32H,4,15H2,1-3H3,(H,29,34). The monoisotopic (exact) mass is 487 g/mol. The van der Waals surface area contributed by atoms with Gasteiger partial charge in [-0.05, 0) is 68.0 Å². The molecule has 0 spiro atoms. The number of methoxy groups -OCH3 is 1. The Morgan fingerprint density at radius 1 is 1.19 bits per heavy atom. The molecule has 9 heteroatoms. The summed E-state index contributed by atoms with van der Waals surface area (Å²) in [4.78, 5) is 17.2. The van der Waals surface area contributed by atoms with Gasteiger partial charge in [-0.3, -0.25) is 4.79 Å². The van der Waals surface area contributed by atoms with Crippen molar-refractivity contribution < 1.29 is 18.7 Å². The Bertz CT molecular complexity index is 1480. The SMILES string of the molecule is CCOC1=CC(C)(c2ccc(F)cc2OC)Nc2cc(C(=O)NCc3ccn4ncnc4c3)ccc21. The lowest BCUT2D eigenvalue weighted by Gasteiger charge is -2.36. The van der Waals surface area contributed by atoms with E-state index in [0.29, 0.717) is 35.9 Å². The summed E-state index contributed by atoms with van der Waals surface area (Å²) in [6, 6.07) is 13.6. The largest absolute Gasteiger partial charge is 0.496 e. The van der Waals surface area contributed by atoms with Crippen LogP contribution in [0.15, 0.2) is 67.1 Å². The maximum atomic E-state index is 13.9. The molecule has 36 heavy (non-hydrogen) atoms. The number of hydrogen-bond donors (Lipinski definition) is 2. The van der Waals surface area contributed by atoms with Crippen molar-refractivity contribution in [2.24, 2.45) is 0 Å². The van der Waals surface area contributed by atoms with Gasteiger partial charge in [0.05, 0.1) is 19.3 Å². The first-order valence-electron chi connectivity index (χ1n) is 11.6. The molecule has 2 aromatic heterocycles. The molecule has 0 fully saturated rings. The number of amides is 1. The third-order valence-corrected chi connectivity index (χ3v) is 6.18. The van der Waals surface area contributed by atoms with Crippen molar-refractivity contribution in [3.63, 3.8) is 0 Å². The summed E-state index contributed by atoms with van der Waals surface area (Å²) < 4.78 is 26.9. The van der Waals surface area contributed by atoms with Crippen LogP contribution in [0.2, 0.25) is 0 Å². The van der Waals surface area contributed by atoms with E-state index in [-0.39, 0.29) is 11.7 Å². The van der Waals surface area contributed by atoms with E-state index in [1.165, 1.54) is 25.6 Å². The molecule has 0 saturated heterocycles. The van der Waals surface area contributed by atoms with Crippen molar-refractivity contribution in [3.05, 3.63) is 95.2 Å². The number of benzene rings is 2. The summed E-state index contributed by atoms with van der Waals surface area (Å²) in [6.45, 7) is 4.69. The fraction of sp³-hybridized carbons (Fsp3) is 0.222. The van der Waals surface area contributed by atoms with Crippen LogP contribution in [0.5, 0.6) is 5.75 Å². The Balaban J connectivity index is 1.43. The molecule has 5 rings (SSSR count). The van der Waals surface area contributed by atoms with Gasteiger partial charge in [0.2, 0.25) is 0 Å². The predicted octanol–water partition coefficient (Wildman–Crippen LogP) is 4.53. The van der Waals surface area contributed by atoms with Crippen LogP contribution in [-0.4, -0.2) is 34.2 Å². The minimum absolute atomic E-state index is 0.213. The third kappa shape index (κ3) is 4.35. The first-order chi connectivity index (χ1) is 17.4. The molecular formula is C27H26FN5O3. The van der Waals surface area contributed by atoms with Gasteiger partial charge < -0.3 is 20.1 Å². The van der Waals surface area contributed by atoms with Gasteiger partial charge in [0, 0.05) is 41.2 Å². The normalized spacial score (nSPS) is 16.6. The summed E-state index contributed by atoms with van der Waals surface area (Å²) in [5.74, 6) is 0.494. The van der Waals surface area contributed by atoms with E-state index < -0.39 is 5.54 Å². The zero-order valence-electron chi connectivity index (χ0n) is 20.2. The highest BCUT2D eigenvalue weighted by Crippen LogP contribution is 2.42. The lowest BCUT2D eigenvalue weighted by atomic mass is 9.85. The van der Waals surface area contributed by atoms with Gasteiger partial charge >= 0.3 is 0 Å². The van der Waals surface area contributed by atoms with E-state index in [1.54, 1.807) is 28.9 Å². The molecule has 1 unspecified atom stereocenters. The Morgan fingerprint density at radius 3 is 2.86 bits per heavy atom. The van der Waals surface area contributed by atoms with E-state index in [4.69, 9.17) is 9.47 Å². The minimum Gasteiger partial charge on any atom is -0.496 e. The Morgan fingerprint density at radius 2 is 2.06 bits per heavy atom. The summed E-state index contributed by atoms with van der Waals surface area (Å²) in [5, 5.41) is 10.5.